The van der Waals surface area contributed by atoms with Crippen molar-refractivity contribution < 1.29 is 35.6 Å². The van der Waals surface area contributed by atoms with Gasteiger partial charge < -0.3 is 4.42 Å². The number of hydrazine groups is 1. The number of nitrogens with zero attached hydrogens (tertiary/aromatic N) is 2. The molecule has 2 aromatic carbocycles. The maximum Gasteiger partial charge on any atom is 0.416 e. The second-order valence-corrected chi connectivity index (χ2v) is 10.4. The van der Waals surface area contributed by atoms with Gasteiger partial charge in [-0.3, -0.25) is 19.7 Å². The molecule has 0 aliphatic carbocycles. The minimum absolute atomic E-state index is 0.00764. The molecule has 0 saturated carbocycles. The lowest BCUT2D eigenvalue weighted by Gasteiger charge is -2.16. The first-order chi connectivity index (χ1) is 18.0. The number of sulfonamides is 1. The first kappa shape index (κ1) is 25.2. The third-order valence-corrected chi connectivity index (χ3v) is 7.51. The van der Waals surface area contributed by atoms with E-state index in [1.54, 1.807) is 11.4 Å². The van der Waals surface area contributed by atoms with Crippen LogP contribution in [-0.4, -0.2) is 25.2 Å². The number of carbonyl (C=O) groups is 2. The number of aromatic nitrogens is 1. The van der Waals surface area contributed by atoms with E-state index in [1.807, 2.05) is 0 Å². The second kappa shape index (κ2) is 9.46. The fourth-order valence-electron chi connectivity index (χ4n) is 3.53. The molecule has 0 radical (unpaired) electrons. The molecule has 0 spiro atoms. The van der Waals surface area contributed by atoms with Crippen LogP contribution in [0.2, 0.25) is 0 Å². The van der Waals surface area contributed by atoms with Crippen LogP contribution in [0.4, 0.5) is 24.0 Å². The van der Waals surface area contributed by atoms with Gasteiger partial charge in [-0.2, -0.15) is 13.2 Å². The van der Waals surface area contributed by atoms with Crippen molar-refractivity contribution in [3.8, 4) is 11.3 Å². The molecular formula is C24H15F3N4O5S2. The number of alkyl halides is 3. The Balaban J connectivity index is 1.34. The number of amides is 2. The Labute approximate surface area is 217 Å². The summed E-state index contributed by atoms with van der Waals surface area (Å²) in [7, 11) is -3.84. The first-order valence-electron chi connectivity index (χ1n) is 10.7. The predicted octanol–water partition coefficient (Wildman–Crippen LogP) is 4.68. The summed E-state index contributed by atoms with van der Waals surface area (Å²) in [6, 6.07) is 12.9. The van der Waals surface area contributed by atoms with Gasteiger partial charge in [0.15, 0.2) is 5.13 Å². The summed E-state index contributed by atoms with van der Waals surface area (Å²) >= 11 is 1.14. The van der Waals surface area contributed by atoms with E-state index < -0.39 is 33.6 Å². The highest BCUT2D eigenvalue weighted by Crippen LogP contribution is 2.33. The standard InChI is InChI=1S/C24H15F3N4O5S2/c25-24(26,27)15-2-1-3-16(12-15)31-22(33)19(21(32)29-31)13-17-6-9-20(36-17)14-4-7-18(8-5-14)38(34,35)30-23-28-10-11-37-23/h1-13H,(H,28,30)(H,29,32). The number of halogens is 3. The quantitative estimate of drug-likeness (QED) is 0.261. The highest BCUT2D eigenvalue weighted by molar-refractivity contribution is 7.93. The molecular weight excluding hydrogens is 545 g/mol. The van der Waals surface area contributed by atoms with Crippen LogP contribution in [0, 0.1) is 0 Å². The number of carbonyl (C=O) groups excluding carboxylic acids is 2. The molecule has 2 N–H and O–H groups in total. The fourth-order valence-corrected chi connectivity index (χ4v) is 5.32. The maximum atomic E-state index is 13.0. The summed E-state index contributed by atoms with van der Waals surface area (Å²) in [6.45, 7) is 0. The normalized spacial score (nSPS) is 15.2. The van der Waals surface area contributed by atoms with Crippen LogP contribution in [0.25, 0.3) is 17.4 Å². The lowest BCUT2D eigenvalue weighted by molar-refractivity contribution is -0.137. The smallest absolute Gasteiger partial charge is 0.416 e. The number of benzene rings is 2. The van der Waals surface area contributed by atoms with Crippen LogP contribution >= 0.6 is 11.3 Å². The van der Waals surface area contributed by atoms with E-state index in [1.165, 1.54) is 48.7 Å². The zero-order valence-electron chi connectivity index (χ0n) is 18.9. The van der Waals surface area contributed by atoms with Gasteiger partial charge in [0.25, 0.3) is 21.8 Å². The molecule has 1 saturated heterocycles. The van der Waals surface area contributed by atoms with E-state index in [2.05, 4.69) is 15.1 Å². The van der Waals surface area contributed by atoms with Crippen molar-refractivity contribution in [3.63, 3.8) is 0 Å². The SMILES string of the molecule is O=C1NN(c2cccc(C(F)(F)F)c2)C(=O)C1=Cc1ccc(-c2ccc(S(=O)(=O)Nc3nccs3)cc2)o1. The van der Waals surface area contributed by atoms with E-state index in [9.17, 15) is 31.2 Å². The average Bonchev–Trinajstić information content (AvgIpc) is 3.62. The van der Waals surface area contributed by atoms with Gasteiger partial charge >= 0.3 is 6.18 Å². The van der Waals surface area contributed by atoms with Crippen LogP contribution in [0.15, 0.2) is 87.1 Å². The lowest BCUT2D eigenvalue weighted by atomic mass is 10.1. The first-order valence-corrected chi connectivity index (χ1v) is 13.0. The van der Waals surface area contributed by atoms with E-state index in [-0.39, 0.29) is 27.0 Å². The minimum Gasteiger partial charge on any atom is -0.457 e. The molecule has 3 heterocycles. The van der Waals surface area contributed by atoms with Gasteiger partial charge in [0.2, 0.25) is 0 Å². The largest absolute Gasteiger partial charge is 0.457 e. The lowest BCUT2D eigenvalue weighted by Crippen LogP contribution is -2.35. The fraction of sp³-hybridized carbons (Fsp3) is 0.0417. The second-order valence-electron chi connectivity index (χ2n) is 7.86. The summed E-state index contributed by atoms with van der Waals surface area (Å²) in [4.78, 5) is 29.1. The summed E-state index contributed by atoms with van der Waals surface area (Å²) in [5.74, 6) is -1.21. The summed E-state index contributed by atoms with van der Waals surface area (Å²) in [5, 5.41) is 2.60. The van der Waals surface area contributed by atoms with Crippen LogP contribution in [0.1, 0.15) is 11.3 Å². The molecule has 1 aliphatic rings. The molecule has 2 aromatic heterocycles. The molecule has 5 rings (SSSR count). The molecule has 38 heavy (non-hydrogen) atoms. The van der Waals surface area contributed by atoms with Crippen molar-refractivity contribution in [1.82, 2.24) is 10.4 Å². The molecule has 0 atom stereocenters. The van der Waals surface area contributed by atoms with Gasteiger partial charge in [0.05, 0.1) is 16.1 Å². The molecule has 1 aliphatic heterocycles. The van der Waals surface area contributed by atoms with Crippen molar-refractivity contribution in [3.05, 3.63) is 89.1 Å². The minimum atomic E-state index is -4.62. The van der Waals surface area contributed by atoms with Crippen molar-refractivity contribution in [2.24, 2.45) is 0 Å². The average molecular weight is 561 g/mol. The number of anilines is 2. The molecule has 1 fully saturated rings. The summed E-state index contributed by atoms with van der Waals surface area (Å²) in [6.07, 6.45) is -1.97. The van der Waals surface area contributed by atoms with E-state index >= 15 is 0 Å². The molecule has 14 heteroatoms. The van der Waals surface area contributed by atoms with Crippen LogP contribution < -0.4 is 15.2 Å². The molecule has 194 valence electrons. The van der Waals surface area contributed by atoms with Crippen molar-refractivity contribution in [2.45, 2.75) is 11.1 Å². The topological polar surface area (TPSA) is 122 Å². The van der Waals surface area contributed by atoms with Crippen LogP contribution in [-0.2, 0) is 25.8 Å². The Morgan fingerprint density at radius 3 is 2.50 bits per heavy atom. The zero-order chi connectivity index (χ0) is 27.1. The highest BCUT2D eigenvalue weighted by atomic mass is 32.2. The van der Waals surface area contributed by atoms with Crippen LogP contribution in [0.3, 0.4) is 0 Å². The van der Waals surface area contributed by atoms with E-state index in [0.717, 1.165) is 34.5 Å². The monoisotopic (exact) mass is 560 g/mol. The van der Waals surface area contributed by atoms with Crippen molar-refractivity contribution in [1.29, 1.82) is 0 Å². The number of furan rings is 1. The molecule has 0 bridgehead atoms. The predicted molar refractivity (Wildman–Crippen MR) is 132 cm³/mol. The van der Waals surface area contributed by atoms with Gasteiger partial charge in [-0.25, -0.2) is 18.4 Å². The number of hydrogen-bond acceptors (Lipinski definition) is 7. The Kier molecular flexibility index (Phi) is 6.28. The van der Waals surface area contributed by atoms with E-state index in [4.69, 9.17) is 4.42 Å². The molecule has 4 aromatic rings. The molecule has 0 unspecified atom stereocenters. The van der Waals surface area contributed by atoms with Crippen molar-refractivity contribution >= 4 is 50.1 Å². The Morgan fingerprint density at radius 1 is 1.05 bits per heavy atom. The third kappa shape index (κ3) is 5.03. The molecule has 9 nitrogen and oxygen atoms in total. The highest BCUT2D eigenvalue weighted by Gasteiger charge is 2.37. The van der Waals surface area contributed by atoms with Gasteiger partial charge in [-0.05, 0) is 60.7 Å². The summed E-state index contributed by atoms with van der Waals surface area (Å²) < 4.78 is 72.2. The Hall–Kier alpha value is -4.43. The number of thiazole rings is 1. The number of nitrogens with one attached hydrogen (secondary N) is 2. The van der Waals surface area contributed by atoms with Gasteiger partial charge in [-0.15, -0.1) is 11.3 Å². The van der Waals surface area contributed by atoms with Gasteiger partial charge in [0, 0.05) is 17.1 Å². The Bertz CT molecular complexity index is 1660. The van der Waals surface area contributed by atoms with Gasteiger partial charge in [-0.1, -0.05) is 6.07 Å². The Morgan fingerprint density at radius 2 is 1.82 bits per heavy atom. The van der Waals surface area contributed by atoms with Gasteiger partial charge in [0.1, 0.15) is 17.1 Å². The van der Waals surface area contributed by atoms with Crippen LogP contribution in [0.5, 0.6) is 0 Å². The summed E-state index contributed by atoms with van der Waals surface area (Å²) in [5.41, 5.74) is 1.31. The zero-order valence-corrected chi connectivity index (χ0v) is 20.5. The maximum absolute atomic E-state index is 13.0. The number of hydrogen-bond donors (Lipinski definition) is 2. The van der Waals surface area contributed by atoms with Crippen molar-refractivity contribution in [2.75, 3.05) is 9.73 Å². The third-order valence-electron chi connectivity index (χ3n) is 5.34. The number of rotatable bonds is 6. The van der Waals surface area contributed by atoms with E-state index in [0.29, 0.717) is 11.3 Å². The molecule has 2 amide bonds.